The molecule has 1 amide bonds. The summed E-state index contributed by atoms with van der Waals surface area (Å²) >= 11 is 1.43. The molecule has 1 saturated heterocycles. The van der Waals surface area contributed by atoms with E-state index in [2.05, 4.69) is 9.88 Å². The van der Waals surface area contributed by atoms with Gasteiger partial charge in [0.15, 0.2) is 0 Å². The Bertz CT molecular complexity index is 633. The summed E-state index contributed by atoms with van der Waals surface area (Å²) in [6.07, 6.45) is 1.65. The number of piperazine rings is 1. The fourth-order valence-electron chi connectivity index (χ4n) is 2.44. The number of thiazole rings is 1. The van der Waals surface area contributed by atoms with E-state index in [1.54, 1.807) is 18.3 Å². The Balaban J connectivity index is 1.62. The van der Waals surface area contributed by atoms with Crippen LogP contribution in [-0.4, -0.2) is 42.0 Å². The topological polar surface area (TPSA) is 36.4 Å². The fraction of sp³-hybridized carbons (Fsp3) is 0.333. The van der Waals surface area contributed by atoms with E-state index >= 15 is 0 Å². The summed E-state index contributed by atoms with van der Waals surface area (Å²) in [5.74, 6) is -0.174. The number of rotatable bonds is 2. The van der Waals surface area contributed by atoms with Gasteiger partial charge in [-0.15, -0.1) is 11.3 Å². The number of aryl methyl sites for hydroxylation is 1. The second kappa shape index (κ2) is 5.81. The van der Waals surface area contributed by atoms with Crippen LogP contribution in [0.2, 0.25) is 0 Å². The minimum absolute atomic E-state index is 0.0550. The van der Waals surface area contributed by atoms with Gasteiger partial charge < -0.3 is 9.80 Å². The predicted octanol–water partition coefficient (Wildman–Crippen LogP) is 2.55. The molecule has 0 atom stereocenters. The van der Waals surface area contributed by atoms with E-state index in [9.17, 15) is 9.18 Å². The van der Waals surface area contributed by atoms with Gasteiger partial charge in [0, 0.05) is 31.9 Å². The maximum Gasteiger partial charge on any atom is 0.265 e. The highest BCUT2D eigenvalue weighted by Gasteiger charge is 2.23. The van der Waals surface area contributed by atoms with Gasteiger partial charge in [-0.1, -0.05) is 0 Å². The Hall–Kier alpha value is -1.95. The normalized spacial score (nSPS) is 15.3. The second-order valence-electron chi connectivity index (χ2n) is 5.00. The lowest BCUT2D eigenvalue weighted by atomic mass is 10.2. The molecule has 1 aromatic carbocycles. The summed E-state index contributed by atoms with van der Waals surface area (Å²) in [5, 5.41) is 0.906. The Kier molecular flexibility index (Phi) is 3.88. The average Bonchev–Trinajstić information content (AvgIpc) is 2.94. The Morgan fingerprint density at radius 3 is 2.43 bits per heavy atom. The van der Waals surface area contributed by atoms with Crippen LogP contribution in [0.15, 0.2) is 30.5 Å². The van der Waals surface area contributed by atoms with Crippen molar-refractivity contribution in [3.63, 3.8) is 0 Å². The quantitative estimate of drug-likeness (QED) is 0.855. The molecule has 0 radical (unpaired) electrons. The molecule has 4 nitrogen and oxygen atoms in total. The van der Waals surface area contributed by atoms with Crippen LogP contribution in [0.4, 0.5) is 10.1 Å². The van der Waals surface area contributed by atoms with Crippen molar-refractivity contribution in [1.82, 2.24) is 9.88 Å². The van der Waals surface area contributed by atoms with Gasteiger partial charge >= 0.3 is 0 Å². The summed E-state index contributed by atoms with van der Waals surface area (Å²) in [7, 11) is 0. The number of carbonyl (C=O) groups is 1. The van der Waals surface area contributed by atoms with E-state index in [4.69, 9.17) is 0 Å². The maximum absolute atomic E-state index is 12.9. The molecule has 0 aliphatic carbocycles. The highest BCUT2D eigenvalue weighted by atomic mass is 32.1. The van der Waals surface area contributed by atoms with Gasteiger partial charge in [0.1, 0.15) is 10.7 Å². The zero-order valence-corrected chi connectivity index (χ0v) is 12.6. The molecular weight excluding hydrogens is 289 g/mol. The van der Waals surface area contributed by atoms with Gasteiger partial charge in [-0.25, -0.2) is 9.37 Å². The number of benzene rings is 1. The van der Waals surface area contributed by atoms with Crippen molar-refractivity contribution >= 4 is 22.9 Å². The monoisotopic (exact) mass is 305 g/mol. The summed E-state index contributed by atoms with van der Waals surface area (Å²) in [6, 6.07) is 6.48. The first kappa shape index (κ1) is 14.0. The standard InChI is InChI=1S/C15H16FN3OS/c1-11-17-10-14(21-11)15(20)19-8-6-18(7-9-19)13-4-2-12(16)3-5-13/h2-5,10H,6-9H2,1H3. The third kappa shape index (κ3) is 3.05. The summed E-state index contributed by atoms with van der Waals surface area (Å²) < 4.78 is 12.9. The third-order valence-electron chi connectivity index (χ3n) is 3.59. The molecule has 1 aliphatic heterocycles. The first-order valence-electron chi connectivity index (χ1n) is 6.86. The molecule has 1 aromatic heterocycles. The van der Waals surface area contributed by atoms with E-state index < -0.39 is 0 Å². The molecule has 3 rings (SSSR count). The first-order valence-corrected chi connectivity index (χ1v) is 7.67. The van der Waals surface area contributed by atoms with Crippen LogP contribution in [0.25, 0.3) is 0 Å². The van der Waals surface area contributed by atoms with Crippen molar-refractivity contribution in [3.8, 4) is 0 Å². The lowest BCUT2D eigenvalue weighted by Crippen LogP contribution is -2.48. The van der Waals surface area contributed by atoms with Crippen LogP contribution < -0.4 is 4.90 Å². The van der Waals surface area contributed by atoms with Crippen LogP contribution in [0, 0.1) is 12.7 Å². The predicted molar refractivity (Wildman–Crippen MR) is 81.4 cm³/mol. The fourth-order valence-corrected chi connectivity index (χ4v) is 3.18. The number of anilines is 1. The van der Waals surface area contributed by atoms with Crippen molar-refractivity contribution < 1.29 is 9.18 Å². The first-order chi connectivity index (χ1) is 10.1. The van der Waals surface area contributed by atoms with Gasteiger partial charge in [0.25, 0.3) is 5.91 Å². The van der Waals surface area contributed by atoms with Crippen LogP contribution in [0.5, 0.6) is 0 Å². The van der Waals surface area contributed by atoms with Gasteiger partial charge in [-0.05, 0) is 31.2 Å². The second-order valence-corrected chi connectivity index (χ2v) is 6.23. The molecule has 0 bridgehead atoms. The zero-order chi connectivity index (χ0) is 14.8. The van der Waals surface area contributed by atoms with Crippen molar-refractivity contribution in [3.05, 3.63) is 46.2 Å². The molecule has 0 spiro atoms. The number of hydrogen-bond acceptors (Lipinski definition) is 4. The Morgan fingerprint density at radius 2 is 1.86 bits per heavy atom. The number of carbonyl (C=O) groups excluding carboxylic acids is 1. The molecule has 2 heterocycles. The summed E-state index contributed by atoms with van der Waals surface area (Å²) in [6.45, 7) is 4.76. The van der Waals surface area contributed by atoms with E-state index in [0.29, 0.717) is 18.0 Å². The number of halogens is 1. The lowest BCUT2D eigenvalue weighted by molar-refractivity contribution is 0.0751. The highest BCUT2D eigenvalue weighted by Crippen LogP contribution is 2.19. The molecule has 6 heteroatoms. The number of amides is 1. The van der Waals surface area contributed by atoms with Gasteiger partial charge in [-0.3, -0.25) is 4.79 Å². The molecule has 0 N–H and O–H groups in total. The van der Waals surface area contributed by atoms with Crippen molar-refractivity contribution in [2.75, 3.05) is 31.1 Å². The smallest absolute Gasteiger partial charge is 0.265 e. The van der Waals surface area contributed by atoms with Crippen LogP contribution in [0.1, 0.15) is 14.7 Å². The maximum atomic E-state index is 12.9. The van der Waals surface area contributed by atoms with Crippen molar-refractivity contribution in [2.45, 2.75) is 6.92 Å². The van der Waals surface area contributed by atoms with E-state index in [-0.39, 0.29) is 11.7 Å². The number of hydrogen-bond donors (Lipinski definition) is 0. The lowest BCUT2D eigenvalue weighted by Gasteiger charge is -2.35. The molecule has 2 aromatic rings. The number of aromatic nitrogens is 1. The molecule has 1 aliphatic rings. The molecular formula is C15H16FN3OS. The van der Waals surface area contributed by atoms with Gasteiger partial charge in [-0.2, -0.15) is 0 Å². The van der Waals surface area contributed by atoms with Crippen LogP contribution in [-0.2, 0) is 0 Å². The van der Waals surface area contributed by atoms with Crippen molar-refractivity contribution in [1.29, 1.82) is 0 Å². The molecule has 110 valence electrons. The molecule has 21 heavy (non-hydrogen) atoms. The minimum atomic E-state index is -0.229. The molecule has 1 fully saturated rings. The van der Waals surface area contributed by atoms with E-state index in [1.807, 2.05) is 11.8 Å². The average molecular weight is 305 g/mol. The van der Waals surface area contributed by atoms with Crippen molar-refractivity contribution in [2.24, 2.45) is 0 Å². The SMILES string of the molecule is Cc1ncc(C(=O)N2CCN(c3ccc(F)cc3)CC2)s1. The molecule has 0 unspecified atom stereocenters. The summed E-state index contributed by atoms with van der Waals surface area (Å²) in [5.41, 5.74) is 0.997. The third-order valence-corrected chi connectivity index (χ3v) is 4.49. The Labute approximate surface area is 126 Å². The number of nitrogens with zero attached hydrogens (tertiary/aromatic N) is 3. The van der Waals surface area contributed by atoms with Crippen LogP contribution >= 0.6 is 11.3 Å². The largest absolute Gasteiger partial charge is 0.368 e. The molecule has 0 saturated carbocycles. The van der Waals surface area contributed by atoms with Gasteiger partial charge in [0.2, 0.25) is 0 Å². The zero-order valence-electron chi connectivity index (χ0n) is 11.8. The van der Waals surface area contributed by atoms with E-state index in [0.717, 1.165) is 23.8 Å². The van der Waals surface area contributed by atoms with Crippen LogP contribution in [0.3, 0.4) is 0 Å². The van der Waals surface area contributed by atoms with Gasteiger partial charge in [0.05, 0.1) is 11.2 Å². The summed E-state index contributed by atoms with van der Waals surface area (Å²) in [4.78, 5) is 21.2. The minimum Gasteiger partial charge on any atom is -0.368 e. The Morgan fingerprint density at radius 1 is 1.19 bits per heavy atom. The highest BCUT2D eigenvalue weighted by molar-refractivity contribution is 7.13. The van der Waals surface area contributed by atoms with E-state index in [1.165, 1.54) is 23.5 Å².